The third kappa shape index (κ3) is 2.86. The molecule has 0 saturated heterocycles. The molecule has 23 heavy (non-hydrogen) atoms. The predicted molar refractivity (Wildman–Crippen MR) is 85.1 cm³/mol. The molecule has 0 atom stereocenters. The Morgan fingerprint density at radius 2 is 1.70 bits per heavy atom. The number of rotatable bonds is 4. The Labute approximate surface area is 134 Å². The average molecular weight is 322 g/mol. The number of hydrogen-bond acceptors (Lipinski definition) is 6. The smallest absolute Gasteiger partial charge is 0.332 e. The molecule has 0 fully saturated rings. The number of hydrogen-bond donors (Lipinski definition) is 1. The first-order chi connectivity index (χ1) is 10.4. The number of nitrogens with one attached hydrogen (secondary N) is 1. The van der Waals surface area contributed by atoms with Crippen LogP contribution in [-0.4, -0.2) is 27.8 Å². The third-order valence-electron chi connectivity index (χ3n) is 4.47. The van der Waals surface area contributed by atoms with Gasteiger partial charge >= 0.3 is 11.7 Å². The first-order valence-corrected chi connectivity index (χ1v) is 6.99. The van der Waals surface area contributed by atoms with Crippen molar-refractivity contribution in [1.29, 1.82) is 5.26 Å². The lowest BCUT2D eigenvalue weighted by Crippen LogP contribution is -2.53. The number of ether oxygens (including phenoxy) is 1. The lowest BCUT2D eigenvalue weighted by atomic mass is 9.74. The van der Waals surface area contributed by atoms with E-state index in [4.69, 9.17) is 4.74 Å². The number of nitriles is 1. The Balaban J connectivity index is 3.57. The Bertz CT molecular complexity index is 793. The van der Waals surface area contributed by atoms with Crippen LogP contribution in [-0.2, 0) is 23.6 Å². The molecule has 8 nitrogen and oxygen atoms in total. The highest BCUT2D eigenvalue weighted by atomic mass is 16.5. The summed E-state index contributed by atoms with van der Waals surface area (Å²) in [6.07, 6.45) is 0. The van der Waals surface area contributed by atoms with Crippen LogP contribution in [0.4, 0.5) is 5.82 Å². The van der Waals surface area contributed by atoms with Gasteiger partial charge in [-0.15, -0.1) is 0 Å². The Morgan fingerprint density at radius 3 is 2.13 bits per heavy atom. The zero-order chi connectivity index (χ0) is 18.2. The summed E-state index contributed by atoms with van der Waals surface area (Å²) in [7, 11) is 4.04. The first kappa shape index (κ1) is 18.5. The Hall–Kier alpha value is -2.56. The molecule has 0 amide bonds. The van der Waals surface area contributed by atoms with Crippen molar-refractivity contribution in [2.45, 2.75) is 33.2 Å². The molecule has 1 heterocycles. The number of aromatic nitrogens is 2. The predicted octanol–water partition coefficient (Wildman–Crippen LogP) is 0.345. The zero-order valence-corrected chi connectivity index (χ0v) is 14.5. The molecule has 0 spiro atoms. The van der Waals surface area contributed by atoms with Gasteiger partial charge in [-0.1, -0.05) is 0 Å². The maximum Gasteiger partial charge on any atom is 0.332 e. The molecule has 1 aromatic rings. The number of esters is 1. The van der Waals surface area contributed by atoms with Gasteiger partial charge in [0, 0.05) is 19.6 Å². The van der Waals surface area contributed by atoms with Gasteiger partial charge in [0.2, 0.25) is 0 Å². The molecule has 0 bridgehead atoms. The quantitative estimate of drug-likeness (QED) is 0.802. The van der Waals surface area contributed by atoms with Crippen LogP contribution in [0.1, 0.15) is 33.3 Å². The fourth-order valence-corrected chi connectivity index (χ4v) is 2.05. The summed E-state index contributed by atoms with van der Waals surface area (Å²) in [5.41, 5.74) is -3.33. The van der Waals surface area contributed by atoms with Gasteiger partial charge in [0.25, 0.3) is 5.56 Å². The largest absolute Gasteiger partial charge is 0.469 e. The number of carbonyl (C=O) groups is 1. The van der Waals surface area contributed by atoms with Crippen LogP contribution in [0.15, 0.2) is 9.59 Å². The van der Waals surface area contributed by atoms with Crippen LogP contribution in [0.2, 0.25) is 0 Å². The van der Waals surface area contributed by atoms with E-state index in [-0.39, 0.29) is 11.4 Å². The second-order valence-corrected chi connectivity index (χ2v) is 6.41. The summed E-state index contributed by atoms with van der Waals surface area (Å²) in [6.45, 7) is 6.81. The molecule has 0 aliphatic heterocycles. The van der Waals surface area contributed by atoms with E-state index >= 15 is 0 Å². The fraction of sp³-hybridized carbons (Fsp3) is 0.600. The molecule has 1 aromatic heterocycles. The van der Waals surface area contributed by atoms with Crippen molar-refractivity contribution < 1.29 is 9.53 Å². The second kappa shape index (κ2) is 5.91. The molecule has 0 aromatic carbocycles. The van der Waals surface area contributed by atoms with Crippen LogP contribution in [0, 0.1) is 16.7 Å². The monoisotopic (exact) mass is 322 g/mol. The molecule has 8 heteroatoms. The average Bonchev–Trinajstić information content (AvgIpc) is 2.49. The summed E-state index contributed by atoms with van der Waals surface area (Å²) in [6, 6.07) is 1.82. The van der Waals surface area contributed by atoms with Crippen molar-refractivity contribution in [3.8, 4) is 6.07 Å². The summed E-state index contributed by atoms with van der Waals surface area (Å²) >= 11 is 0. The molecular formula is C15H22N4O4. The van der Waals surface area contributed by atoms with Gasteiger partial charge < -0.3 is 10.1 Å². The Morgan fingerprint density at radius 1 is 1.17 bits per heavy atom. The van der Waals surface area contributed by atoms with Gasteiger partial charge in [0.15, 0.2) is 5.56 Å². The summed E-state index contributed by atoms with van der Waals surface area (Å²) in [5, 5.41) is 12.3. The molecule has 0 unspecified atom stereocenters. The fourth-order valence-electron chi connectivity index (χ4n) is 2.05. The highest BCUT2D eigenvalue weighted by Gasteiger charge is 2.45. The van der Waals surface area contributed by atoms with Gasteiger partial charge in [-0.05, 0) is 27.7 Å². The van der Waals surface area contributed by atoms with Gasteiger partial charge in [-0.2, -0.15) is 5.26 Å². The molecule has 0 saturated carbocycles. The Kier molecular flexibility index (Phi) is 4.75. The van der Waals surface area contributed by atoms with E-state index < -0.39 is 28.2 Å². The van der Waals surface area contributed by atoms with Gasteiger partial charge in [-0.25, -0.2) is 4.79 Å². The van der Waals surface area contributed by atoms with E-state index in [1.165, 1.54) is 25.8 Å². The van der Waals surface area contributed by atoms with Crippen LogP contribution in [0.3, 0.4) is 0 Å². The van der Waals surface area contributed by atoms with Crippen molar-refractivity contribution in [1.82, 2.24) is 9.13 Å². The van der Waals surface area contributed by atoms with Crippen molar-refractivity contribution >= 4 is 11.8 Å². The van der Waals surface area contributed by atoms with Crippen molar-refractivity contribution in [3.05, 3.63) is 26.4 Å². The highest BCUT2D eigenvalue weighted by Crippen LogP contribution is 2.34. The standard InChI is InChI=1S/C15H22N4O4/c1-14(2,12(21)23-7)15(3,4)17-10-9(8-16)11(20)19(6)13(22)18(10)5/h17H,1-7H3. The minimum atomic E-state index is -0.981. The van der Waals surface area contributed by atoms with E-state index in [2.05, 4.69) is 5.32 Å². The van der Waals surface area contributed by atoms with E-state index in [0.29, 0.717) is 0 Å². The number of nitrogens with zero attached hydrogens (tertiary/aromatic N) is 3. The molecule has 126 valence electrons. The van der Waals surface area contributed by atoms with Crippen LogP contribution >= 0.6 is 0 Å². The minimum absolute atomic E-state index is 0.0718. The van der Waals surface area contributed by atoms with Crippen LogP contribution < -0.4 is 16.6 Å². The number of methoxy groups -OCH3 is 1. The summed E-state index contributed by atoms with van der Waals surface area (Å²) < 4.78 is 6.85. The molecule has 0 aliphatic carbocycles. The summed E-state index contributed by atoms with van der Waals surface area (Å²) in [4.78, 5) is 36.2. The van der Waals surface area contributed by atoms with Crippen molar-refractivity contribution in [3.63, 3.8) is 0 Å². The molecule has 0 aliphatic rings. The number of anilines is 1. The molecule has 0 radical (unpaired) electrons. The van der Waals surface area contributed by atoms with Gasteiger partial charge in [0.05, 0.1) is 12.5 Å². The third-order valence-corrected chi connectivity index (χ3v) is 4.47. The van der Waals surface area contributed by atoms with E-state index in [9.17, 15) is 19.6 Å². The minimum Gasteiger partial charge on any atom is -0.469 e. The second-order valence-electron chi connectivity index (χ2n) is 6.41. The lowest BCUT2D eigenvalue weighted by molar-refractivity contribution is -0.153. The maximum atomic E-state index is 12.1. The maximum absolute atomic E-state index is 12.1. The van der Waals surface area contributed by atoms with Crippen molar-refractivity contribution in [2.24, 2.45) is 19.5 Å². The van der Waals surface area contributed by atoms with E-state index in [1.54, 1.807) is 27.7 Å². The molecule has 1 rings (SSSR count). The topological polar surface area (TPSA) is 106 Å². The number of carbonyl (C=O) groups excluding carboxylic acids is 1. The van der Waals surface area contributed by atoms with Gasteiger partial charge in [-0.3, -0.25) is 18.7 Å². The first-order valence-electron chi connectivity index (χ1n) is 6.99. The molecule has 1 N–H and O–H groups in total. The van der Waals surface area contributed by atoms with Gasteiger partial charge in [0.1, 0.15) is 11.9 Å². The van der Waals surface area contributed by atoms with Crippen LogP contribution in [0.25, 0.3) is 0 Å². The highest BCUT2D eigenvalue weighted by molar-refractivity contribution is 5.78. The van der Waals surface area contributed by atoms with Crippen LogP contribution in [0.5, 0.6) is 0 Å². The molecular weight excluding hydrogens is 300 g/mol. The summed E-state index contributed by atoms with van der Waals surface area (Å²) in [5.74, 6) is -0.384. The lowest BCUT2D eigenvalue weighted by Gasteiger charge is -2.40. The normalized spacial score (nSPS) is 11.7. The zero-order valence-electron chi connectivity index (χ0n) is 14.5. The van der Waals surface area contributed by atoms with E-state index in [1.807, 2.05) is 6.07 Å². The van der Waals surface area contributed by atoms with E-state index in [0.717, 1.165) is 4.57 Å². The van der Waals surface area contributed by atoms with Crippen molar-refractivity contribution in [2.75, 3.05) is 12.4 Å². The SMILES string of the molecule is COC(=O)C(C)(C)C(C)(C)Nc1c(C#N)c(=O)n(C)c(=O)n1C.